The van der Waals surface area contributed by atoms with Gasteiger partial charge < -0.3 is 4.84 Å². The molecule has 0 atom stereocenters. The van der Waals surface area contributed by atoms with Crippen LogP contribution >= 0.6 is 0 Å². The third-order valence-electron chi connectivity index (χ3n) is 5.15. The third kappa shape index (κ3) is 5.95. The van der Waals surface area contributed by atoms with Crippen LogP contribution < -0.4 is 0 Å². The second kappa shape index (κ2) is 9.83. The molecule has 0 amide bonds. The van der Waals surface area contributed by atoms with Crippen LogP contribution in [-0.4, -0.2) is 37.5 Å². The quantitative estimate of drug-likeness (QED) is 0.471. The van der Waals surface area contributed by atoms with Gasteiger partial charge in [-0.05, 0) is 35.7 Å². The van der Waals surface area contributed by atoms with Gasteiger partial charge in [0.05, 0.1) is 22.6 Å². The zero-order valence-corrected chi connectivity index (χ0v) is 18.2. The minimum Gasteiger partial charge on any atom is -0.318 e. The van der Waals surface area contributed by atoms with Gasteiger partial charge in [-0.1, -0.05) is 42.4 Å². The summed E-state index contributed by atoms with van der Waals surface area (Å²) in [4.78, 5) is 16.6. The number of nitrogens with zero attached hydrogens (tertiary/aromatic N) is 2. The first-order chi connectivity index (χ1) is 15.1. The molecule has 0 aliphatic carbocycles. The molecule has 0 bridgehead atoms. The lowest BCUT2D eigenvalue weighted by Crippen LogP contribution is -2.38. The highest BCUT2D eigenvalue weighted by Crippen LogP contribution is 2.31. The highest BCUT2D eigenvalue weighted by molar-refractivity contribution is 7.89. The number of carbonyl (C=O) groups excluding carboxylic acids is 1. The molecule has 32 heavy (non-hydrogen) atoms. The van der Waals surface area contributed by atoms with E-state index in [4.69, 9.17) is 4.84 Å². The van der Waals surface area contributed by atoms with Crippen molar-refractivity contribution in [1.82, 2.24) is 4.31 Å². The first kappa shape index (κ1) is 23.9. The van der Waals surface area contributed by atoms with E-state index >= 15 is 0 Å². The zero-order valence-electron chi connectivity index (χ0n) is 17.4. The number of piperidine rings is 1. The summed E-state index contributed by atoms with van der Waals surface area (Å²) in [5.41, 5.74) is 1.47. The van der Waals surface area contributed by atoms with Gasteiger partial charge in [-0.15, -0.1) is 0 Å². The number of rotatable bonds is 6. The van der Waals surface area contributed by atoms with E-state index in [9.17, 15) is 26.4 Å². The van der Waals surface area contributed by atoms with Gasteiger partial charge in [-0.25, -0.2) is 13.2 Å². The fraction of sp³-hybridized carbons (Fsp3) is 0.364. The molecular formula is C22H23F3N2O4S. The van der Waals surface area contributed by atoms with Gasteiger partial charge in [-0.3, -0.25) is 0 Å². The van der Waals surface area contributed by atoms with E-state index in [1.165, 1.54) is 0 Å². The Morgan fingerprint density at radius 2 is 1.69 bits per heavy atom. The van der Waals surface area contributed by atoms with Gasteiger partial charge in [0.1, 0.15) is 0 Å². The van der Waals surface area contributed by atoms with Crippen molar-refractivity contribution in [3.05, 3.63) is 65.2 Å². The van der Waals surface area contributed by atoms with Crippen molar-refractivity contribution in [3.8, 4) is 0 Å². The van der Waals surface area contributed by atoms with Gasteiger partial charge in [0.2, 0.25) is 10.0 Å². The monoisotopic (exact) mass is 468 g/mol. The van der Waals surface area contributed by atoms with E-state index in [2.05, 4.69) is 5.16 Å². The summed E-state index contributed by atoms with van der Waals surface area (Å²) < 4.78 is 65.3. The maximum absolute atomic E-state index is 12.9. The minimum absolute atomic E-state index is 0.0352. The Morgan fingerprint density at radius 3 is 2.28 bits per heavy atom. The summed E-state index contributed by atoms with van der Waals surface area (Å²) in [6, 6.07) is 11.3. The molecule has 6 nitrogen and oxygen atoms in total. The van der Waals surface area contributed by atoms with Gasteiger partial charge in [0.15, 0.2) is 0 Å². The summed E-state index contributed by atoms with van der Waals surface area (Å²) in [5.74, 6) is -0.527. The van der Waals surface area contributed by atoms with Crippen LogP contribution in [0.4, 0.5) is 13.2 Å². The van der Waals surface area contributed by atoms with E-state index in [1.807, 2.05) is 31.2 Å². The third-order valence-corrected chi connectivity index (χ3v) is 7.05. The average molecular weight is 468 g/mol. The predicted octanol–water partition coefficient (Wildman–Crippen LogP) is 4.19. The molecule has 172 valence electrons. The van der Waals surface area contributed by atoms with E-state index < -0.39 is 32.6 Å². The SMILES string of the molecule is CCc1ccc(CC(=O)ON=C2CCN(S(=O)(=O)c3cccc(C(F)(F)F)c3)CC2)cc1. The highest BCUT2D eigenvalue weighted by Gasteiger charge is 2.33. The Balaban J connectivity index is 1.57. The lowest BCUT2D eigenvalue weighted by Gasteiger charge is -2.26. The molecule has 0 spiro atoms. The number of hydrogen-bond donors (Lipinski definition) is 0. The maximum atomic E-state index is 12.9. The van der Waals surface area contributed by atoms with Crippen LogP contribution in [0.15, 0.2) is 58.6 Å². The molecule has 1 aliphatic heterocycles. The molecule has 3 rings (SSSR count). The van der Waals surface area contributed by atoms with E-state index in [-0.39, 0.29) is 32.4 Å². The first-order valence-electron chi connectivity index (χ1n) is 10.1. The normalized spacial score (nSPS) is 15.4. The molecule has 2 aromatic rings. The smallest absolute Gasteiger partial charge is 0.318 e. The predicted molar refractivity (Wildman–Crippen MR) is 112 cm³/mol. The van der Waals surface area contributed by atoms with Crippen molar-refractivity contribution in [2.45, 2.75) is 43.7 Å². The molecule has 0 unspecified atom stereocenters. The van der Waals surface area contributed by atoms with Crippen LogP contribution in [0, 0.1) is 0 Å². The molecule has 1 saturated heterocycles. The summed E-state index contributed by atoms with van der Waals surface area (Å²) in [6.07, 6.45) is -3.22. The van der Waals surface area contributed by atoms with Crippen LogP contribution in [-0.2, 0) is 38.7 Å². The van der Waals surface area contributed by atoms with Crippen LogP contribution in [0.5, 0.6) is 0 Å². The fourth-order valence-corrected chi connectivity index (χ4v) is 4.75. The van der Waals surface area contributed by atoms with Crippen molar-refractivity contribution < 1.29 is 31.2 Å². The van der Waals surface area contributed by atoms with Gasteiger partial charge in [0.25, 0.3) is 0 Å². The topological polar surface area (TPSA) is 76.0 Å². The molecule has 10 heteroatoms. The number of carbonyl (C=O) groups is 1. The minimum atomic E-state index is -4.63. The Bertz CT molecular complexity index is 1090. The number of halogens is 3. The summed E-state index contributed by atoms with van der Waals surface area (Å²) >= 11 is 0. The summed E-state index contributed by atoms with van der Waals surface area (Å²) in [7, 11) is -4.08. The van der Waals surface area contributed by atoms with Crippen LogP contribution in [0.1, 0.15) is 36.5 Å². The van der Waals surface area contributed by atoms with Crippen molar-refractivity contribution in [3.63, 3.8) is 0 Å². The van der Waals surface area contributed by atoms with Crippen molar-refractivity contribution >= 4 is 21.7 Å². The molecule has 1 aliphatic rings. The first-order valence-corrected chi connectivity index (χ1v) is 11.5. The molecule has 0 N–H and O–H groups in total. The Labute approximate surface area is 184 Å². The molecular weight excluding hydrogens is 445 g/mol. The Kier molecular flexibility index (Phi) is 7.35. The fourth-order valence-electron chi connectivity index (χ4n) is 3.27. The second-order valence-electron chi connectivity index (χ2n) is 7.40. The number of benzene rings is 2. The summed E-state index contributed by atoms with van der Waals surface area (Å²) in [6.45, 7) is 2.11. The maximum Gasteiger partial charge on any atom is 0.416 e. The van der Waals surface area contributed by atoms with Crippen molar-refractivity contribution in [2.24, 2.45) is 5.16 Å². The van der Waals surface area contributed by atoms with Crippen LogP contribution in [0.25, 0.3) is 0 Å². The van der Waals surface area contributed by atoms with Crippen LogP contribution in [0.3, 0.4) is 0 Å². The highest BCUT2D eigenvalue weighted by atomic mass is 32.2. The zero-order chi connectivity index (χ0) is 23.4. The number of alkyl halides is 3. The number of hydrogen-bond acceptors (Lipinski definition) is 5. The van der Waals surface area contributed by atoms with E-state index in [1.54, 1.807) is 0 Å². The van der Waals surface area contributed by atoms with Gasteiger partial charge >= 0.3 is 12.1 Å². The Hall–Kier alpha value is -2.72. The van der Waals surface area contributed by atoms with E-state index in [0.717, 1.165) is 40.1 Å². The second-order valence-corrected chi connectivity index (χ2v) is 9.34. The van der Waals surface area contributed by atoms with Gasteiger partial charge in [-0.2, -0.15) is 17.5 Å². The Morgan fingerprint density at radius 1 is 1.06 bits per heavy atom. The summed E-state index contributed by atoms with van der Waals surface area (Å²) in [5, 5.41) is 3.85. The van der Waals surface area contributed by atoms with Gasteiger partial charge in [0, 0.05) is 25.9 Å². The molecule has 1 fully saturated rings. The lowest BCUT2D eigenvalue weighted by atomic mass is 10.1. The number of oxime groups is 1. The van der Waals surface area contributed by atoms with Crippen molar-refractivity contribution in [2.75, 3.05) is 13.1 Å². The molecule has 1 heterocycles. The molecule has 0 radical (unpaired) electrons. The lowest BCUT2D eigenvalue weighted by molar-refractivity contribution is -0.143. The standard InChI is InChI=1S/C22H23F3N2O4S/c1-2-16-6-8-17(9-7-16)14-21(28)31-26-19-10-12-27(13-11-19)32(29,30)20-5-3-4-18(15-20)22(23,24)25/h3-9,15H,2,10-14H2,1H3. The average Bonchev–Trinajstić information content (AvgIpc) is 2.78. The molecule has 0 aromatic heterocycles. The largest absolute Gasteiger partial charge is 0.416 e. The van der Waals surface area contributed by atoms with E-state index in [0.29, 0.717) is 11.8 Å². The number of sulfonamides is 1. The van der Waals surface area contributed by atoms with Crippen molar-refractivity contribution in [1.29, 1.82) is 0 Å². The molecule has 0 saturated carbocycles. The molecule has 2 aromatic carbocycles. The number of aryl methyl sites for hydroxylation is 1. The van der Waals surface area contributed by atoms with Crippen LogP contribution in [0.2, 0.25) is 0 Å².